The monoisotopic (exact) mass is 455 g/mol. The molecule has 33 heavy (non-hydrogen) atoms. The summed E-state index contributed by atoms with van der Waals surface area (Å²) >= 11 is 0. The summed E-state index contributed by atoms with van der Waals surface area (Å²) in [5.74, 6) is -1.13. The van der Waals surface area contributed by atoms with Crippen molar-refractivity contribution in [1.82, 2.24) is 4.90 Å². The highest BCUT2D eigenvalue weighted by Crippen LogP contribution is 2.25. The third kappa shape index (κ3) is 6.97. The normalized spacial score (nSPS) is 18.9. The van der Waals surface area contributed by atoms with E-state index < -0.39 is 12.1 Å². The minimum atomic E-state index is -0.956. The molecular weight excluding hydrogens is 421 g/mol. The molecule has 1 fully saturated rings. The van der Waals surface area contributed by atoms with Crippen LogP contribution in [0.2, 0.25) is 0 Å². The lowest BCUT2D eigenvalue weighted by Gasteiger charge is -2.27. The van der Waals surface area contributed by atoms with Crippen LogP contribution >= 0.6 is 0 Å². The summed E-state index contributed by atoms with van der Waals surface area (Å²) in [6.45, 7) is 6.82. The summed E-state index contributed by atoms with van der Waals surface area (Å²) in [6.07, 6.45) is 3.55. The van der Waals surface area contributed by atoms with Gasteiger partial charge in [-0.15, -0.1) is 0 Å². The predicted octanol–water partition coefficient (Wildman–Crippen LogP) is 4.77. The average Bonchev–Trinajstić information content (AvgIpc) is 3.21. The van der Waals surface area contributed by atoms with Crippen molar-refractivity contribution in [2.75, 3.05) is 19.7 Å². The number of hydrogen-bond acceptors (Lipinski definition) is 4. The topological polar surface area (TPSA) is 70.0 Å². The van der Waals surface area contributed by atoms with Gasteiger partial charge in [-0.3, -0.25) is 4.90 Å². The fraction of sp³-hybridized carbons (Fsp3) is 0.444. The molecule has 0 bridgehead atoms. The van der Waals surface area contributed by atoms with Gasteiger partial charge in [0.2, 0.25) is 0 Å². The lowest BCUT2D eigenvalue weighted by molar-refractivity contribution is -0.132. The highest BCUT2D eigenvalue weighted by Gasteiger charge is 2.27. The zero-order chi connectivity index (χ0) is 24.0. The number of hydrogen-bond donors (Lipinski definition) is 2. The van der Waals surface area contributed by atoms with Crippen LogP contribution in [-0.2, 0) is 16.0 Å². The molecule has 0 amide bonds. The highest BCUT2D eigenvalue weighted by atomic mass is 19.1. The van der Waals surface area contributed by atoms with Crippen molar-refractivity contribution in [3.05, 3.63) is 76.1 Å². The van der Waals surface area contributed by atoms with Gasteiger partial charge in [0.05, 0.1) is 18.8 Å². The number of halogens is 1. The molecule has 2 aromatic rings. The van der Waals surface area contributed by atoms with Crippen LogP contribution in [0.15, 0.2) is 48.0 Å². The Bertz CT molecular complexity index is 990. The highest BCUT2D eigenvalue weighted by molar-refractivity contribution is 5.91. The largest absolute Gasteiger partial charge is 0.478 e. The number of benzene rings is 2. The summed E-state index contributed by atoms with van der Waals surface area (Å²) in [5, 5.41) is 19.8. The third-order valence-electron chi connectivity index (χ3n) is 6.33. The fourth-order valence-corrected chi connectivity index (χ4v) is 4.38. The first kappa shape index (κ1) is 25.1. The average molecular weight is 456 g/mol. The van der Waals surface area contributed by atoms with E-state index >= 15 is 0 Å². The van der Waals surface area contributed by atoms with E-state index in [0.717, 1.165) is 42.5 Å². The van der Waals surface area contributed by atoms with Crippen LogP contribution in [0.5, 0.6) is 0 Å². The lowest BCUT2D eigenvalue weighted by Crippen LogP contribution is -2.39. The number of ether oxygens (including phenoxy) is 1. The van der Waals surface area contributed by atoms with Gasteiger partial charge in [-0.1, -0.05) is 36.4 Å². The molecule has 1 heterocycles. The number of aryl methyl sites for hydroxylation is 1. The minimum Gasteiger partial charge on any atom is -0.478 e. The van der Waals surface area contributed by atoms with Crippen molar-refractivity contribution < 1.29 is 24.1 Å². The van der Waals surface area contributed by atoms with Crippen molar-refractivity contribution in [2.24, 2.45) is 0 Å². The summed E-state index contributed by atoms with van der Waals surface area (Å²) in [6, 6.07) is 13.2. The quantitative estimate of drug-likeness (QED) is 0.505. The van der Waals surface area contributed by atoms with E-state index in [9.17, 15) is 14.3 Å². The fourth-order valence-electron chi connectivity index (χ4n) is 4.38. The number of rotatable bonds is 10. The molecule has 1 aliphatic rings. The van der Waals surface area contributed by atoms with Crippen molar-refractivity contribution in [2.45, 2.75) is 58.3 Å². The maximum Gasteiger partial charge on any atom is 0.331 e. The Balaban J connectivity index is 1.55. The van der Waals surface area contributed by atoms with E-state index in [1.165, 1.54) is 0 Å². The molecule has 0 saturated carbocycles. The number of aliphatic hydroxyl groups excluding tert-OH is 1. The van der Waals surface area contributed by atoms with Crippen LogP contribution in [0.4, 0.5) is 4.39 Å². The van der Waals surface area contributed by atoms with Crippen molar-refractivity contribution in [1.29, 1.82) is 0 Å². The first-order valence-corrected chi connectivity index (χ1v) is 11.5. The zero-order valence-corrected chi connectivity index (χ0v) is 19.6. The Labute approximate surface area is 195 Å². The number of aliphatic hydroxyl groups is 1. The molecule has 3 rings (SSSR count). The van der Waals surface area contributed by atoms with Gasteiger partial charge in [-0.2, -0.15) is 0 Å². The zero-order valence-electron chi connectivity index (χ0n) is 19.6. The van der Waals surface area contributed by atoms with E-state index in [-0.39, 0.29) is 30.1 Å². The van der Waals surface area contributed by atoms with Crippen LogP contribution in [0, 0.1) is 12.7 Å². The molecule has 0 radical (unpaired) electrons. The van der Waals surface area contributed by atoms with Crippen LogP contribution in [0.3, 0.4) is 0 Å². The van der Waals surface area contributed by atoms with Gasteiger partial charge in [0.15, 0.2) is 0 Å². The smallest absolute Gasteiger partial charge is 0.331 e. The summed E-state index contributed by atoms with van der Waals surface area (Å²) in [4.78, 5) is 13.4. The maximum atomic E-state index is 13.9. The molecule has 0 spiro atoms. The van der Waals surface area contributed by atoms with Gasteiger partial charge in [0.1, 0.15) is 5.82 Å². The summed E-state index contributed by atoms with van der Waals surface area (Å²) < 4.78 is 19.9. The van der Waals surface area contributed by atoms with Crippen LogP contribution in [-0.4, -0.2) is 52.9 Å². The second-order valence-electron chi connectivity index (χ2n) is 8.97. The molecule has 2 N–H and O–H groups in total. The first-order valence-electron chi connectivity index (χ1n) is 11.5. The number of β-amino-alcohol motifs (C(OH)–C–C–N with tert-alkyl or cyclic N) is 1. The molecule has 0 aromatic heterocycles. The van der Waals surface area contributed by atoms with Gasteiger partial charge in [-0.05, 0) is 81.0 Å². The SMILES string of the molecule is CC(=Cc1ccccc1[C@@H](C)OC[C@H](O)CN1CCC[C@H]1Cc1ccc(C)c(F)c1)C(=O)O. The predicted molar refractivity (Wildman–Crippen MR) is 128 cm³/mol. The van der Waals surface area contributed by atoms with E-state index in [1.807, 2.05) is 43.3 Å². The summed E-state index contributed by atoms with van der Waals surface area (Å²) in [7, 11) is 0. The van der Waals surface area contributed by atoms with E-state index in [2.05, 4.69) is 4.90 Å². The van der Waals surface area contributed by atoms with Crippen molar-refractivity contribution in [3.63, 3.8) is 0 Å². The molecule has 3 atom stereocenters. The van der Waals surface area contributed by atoms with E-state index in [4.69, 9.17) is 9.84 Å². The Morgan fingerprint density at radius 2 is 2.06 bits per heavy atom. The van der Waals surface area contributed by atoms with Gasteiger partial charge in [-0.25, -0.2) is 9.18 Å². The van der Waals surface area contributed by atoms with E-state index in [0.29, 0.717) is 12.1 Å². The second-order valence-corrected chi connectivity index (χ2v) is 8.97. The third-order valence-corrected chi connectivity index (χ3v) is 6.33. The molecule has 0 aliphatic carbocycles. The number of carboxylic acid groups (broad SMARTS) is 1. The molecule has 1 saturated heterocycles. The number of nitrogens with zero attached hydrogens (tertiary/aromatic N) is 1. The molecular formula is C27H34FNO4. The molecule has 6 heteroatoms. The Hall–Kier alpha value is -2.54. The van der Waals surface area contributed by atoms with Crippen LogP contribution in [0.25, 0.3) is 6.08 Å². The molecule has 5 nitrogen and oxygen atoms in total. The number of carbonyl (C=O) groups is 1. The van der Waals surface area contributed by atoms with Gasteiger partial charge < -0.3 is 14.9 Å². The minimum absolute atomic E-state index is 0.173. The van der Waals surface area contributed by atoms with E-state index in [1.54, 1.807) is 26.0 Å². The Morgan fingerprint density at radius 3 is 2.79 bits per heavy atom. The van der Waals surface area contributed by atoms with Gasteiger partial charge in [0, 0.05) is 18.2 Å². The van der Waals surface area contributed by atoms with Gasteiger partial charge in [0.25, 0.3) is 0 Å². The Morgan fingerprint density at radius 1 is 1.30 bits per heavy atom. The Kier molecular flexibility index (Phi) is 8.78. The standard InChI is InChI=1S/C27H34FNO4/c1-18-10-11-21(15-26(18)28)14-23-8-6-12-29(23)16-24(30)17-33-20(3)25-9-5-4-7-22(25)13-19(2)27(31)32/h4-5,7,9-11,13,15,20,23-24,30H,6,8,12,14,16-17H2,1-3H3,(H,31,32)/t20-,23+,24-/m1/s1. The van der Waals surface area contributed by atoms with Crippen LogP contribution < -0.4 is 0 Å². The number of likely N-dealkylation sites (tertiary alicyclic amines) is 1. The van der Waals surface area contributed by atoms with Crippen LogP contribution in [0.1, 0.15) is 55.0 Å². The van der Waals surface area contributed by atoms with Gasteiger partial charge >= 0.3 is 5.97 Å². The molecule has 0 unspecified atom stereocenters. The maximum absolute atomic E-state index is 13.9. The summed E-state index contributed by atoms with van der Waals surface area (Å²) in [5.41, 5.74) is 3.56. The van der Waals surface area contributed by atoms with Crippen molar-refractivity contribution >= 4 is 12.0 Å². The number of carboxylic acids is 1. The number of aliphatic carboxylic acids is 1. The molecule has 1 aliphatic heterocycles. The molecule has 178 valence electrons. The molecule has 2 aromatic carbocycles. The lowest BCUT2D eigenvalue weighted by atomic mass is 10.0. The first-order chi connectivity index (χ1) is 15.7. The van der Waals surface area contributed by atoms with Crippen molar-refractivity contribution in [3.8, 4) is 0 Å². The second kappa shape index (κ2) is 11.5.